The molecule has 3 heteroatoms. The number of fused-ring (bicyclic) bond motifs is 6. The first-order valence-corrected chi connectivity index (χ1v) is 16.1. The minimum atomic E-state index is -0.0538. The van der Waals surface area contributed by atoms with E-state index in [0.717, 1.165) is 44.5 Å². The van der Waals surface area contributed by atoms with Crippen LogP contribution in [-0.4, -0.2) is 4.98 Å². The Morgan fingerprint density at radius 2 is 1.17 bits per heavy atom. The summed E-state index contributed by atoms with van der Waals surface area (Å²) in [6, 6.07) is 56.1. The van der Waals surface area contributed by atoms with Gasteiger partial charge in [-0.05, 0) is 87.8 Å². The van der Waals surface area contributed by atoms with E-state index >= 15 is 0 Å². The van der Waals surface area contributed by atoms with Crippen LogP contribution in [0.2, 0.25) is 0 Å². The highest BCUT2D eigenvalue weighted by atomic mass is 16.3. The molecule has 0 fully saturated rings. The number of aromatic nitrogens is 1. The Morgan fingerprint density at radius 3 is 1.98 bits per heavy atom. The zero-order chi connectivity index (χ0) is 31.5. The van der Waals surface area contributed by atoms with Gasteiger partial charge in [-0.2, -0.15) is 0 Å². The Bertz CT molecular complexity index is 2440. The Hall–Kier alpha value is -5.93. The minimum Gasteiger partial charge on any atom is -0.436 e. The van der Waals surface area contributed by atoms with Crippen molar-refractivity contribution in [3.63, 3.8) is 0 Å². The van der Waals surface area contributed by atoms with E-state index in [1.54, 1.807) is 0 Å². The standard InChI is InChI=1S/C44H32N2O/c1-44(2)38-19-11-9-18-36(38)37-28-33(23-25-39(37)44)46(40-20-12-10-17-34(40)29-13-5-3-6-14-29)32-22-24-35-31(27-32)21-26-41-42(35)45-43(47-41)30-15-7-4-8-16-30/h3-28H,1-2H3. The van der Waals surface area contributed by atoms with Crippen molar-refractivity contribution in [2.75, 3.05) is 4.90 Å². The molecule has 8 aromatic rings. The lowest BCUT2D eigenvalue weighted by Crippen LogP contribution is -2.15. The van der Waals surface area contributed by atoms with Gasteiger partial charge in [0.2, 0.25) is 5.89 Å². The summed E-state index contributed by atoms with van der Waals surface area (Å²) in [5.41, 5.74) is 13.6. The summed E-state index contributed by atoms with van der Waals surface area (Å²) in [4.78, 5) is 7.35. The SMILES string of the molecule is CC1(C)c2ccccc2-c2cc(N(c3ccc4c(ccc5oc(-c6ccccc6)nc54)c3)c3ccccc3-c3ccccc3)ccc21. The van der Waals surface area contributed by atoms with Gasteiger partial charge >= 0.3 is 0 Å². The molecular weight excluding hydrogens is 572 g/mol. The first kappa shape index (κ1) is 27.4. The van der Waals surface area contributed by atoms with Crippen LogP contribution in [0.5, 0.6) is 0 Å². The highest BCUT2D eigenvalue weighted by Gasteiger charge is 2.35. The van der Waals surface area contributed by atoms with Crippen LogP contribution in [0.25, 0.3) is 55.6 Å². The van der Waals surface area contributed by atoms with Gasteiger partial charge in [0.05, 0.1) is 5.69 Å². The Kier molecular flexibility index (Phi) is 6.16. The van der Waals surface area contributed by atoms with Crippen molar-refractivity contribution in [2.45, 2.75) is 19.3 Å². The third-order valence-corrected chi connectivity index (χ3v) is 9.69. The molecule has 1 aliphatic rings. The molecular formula is C44H32N2O. The molecule has 224 valence electrons. The third kappa shape index (κ3) is 4.39. The highest BCUT2D eigenvalue weighted by molar-refractivity contribution is 6.06. The van der Waals surface area contributed by atoms with E-state index in [-0.39, 0.29) is 5.41 Å². The molecule has 1 aromatic heterocycles. The summed E-state index contributed by atoms with van der Waals surface area (Å²) in [5, 5.41) is 2.18. The van der Waals surface area contributed by atoms with Gasteiger partial charge in [-0.25, -0.2) is 4.98 Å². The zero-order valence-corrected chi connectivity index (χ0v) is 26.3. The highest BCUT2D eigenvalue weighted by Crippen LogP contribution is 2.51. The number of rotatable bonds is 5. The maximum atomic E-state index is 6.21. The maximum Gasteiger partial charge on any atom is 0.227 e. The van der Waals surface area contributed by atoms with Crippen LogP contribution in [0.15, 0.2) is 162 Å². The van der Waals surface area contributed by atoms with Crippen molar-refractivity contribution in [3.8, 4) is 33.7 Å². The van der Waals surface area contributed by atoms with E-state index in [4.69, 9.17) is 9.40 Å². The van der Waals surface area contributed by atoms with Crippen LogP contribution >= 0.6 is 0 Å². The van der Waals surface area contributed by atoms with Gasteiger partial charge in [0.25, 0.3) is 0 Å². The number of para-hydroxylation sites is 1. The van der Waals surface area contributed by atoms with E-state index in [0.29, 0.717) is 5.89 Å². The van der Waals surface area contributed by atoms with Gasteiger partial charge in [-0.15, -0.1) is 0 Å². The Balaban J connectivity index is 1.25. The molecule has 0 saturated carbocycles. The van der Waals surface area contributed by atoms with Gasteiger partial charge in [0.1, 0.15) is 5.52 Å². The van der Waals surface area contributed by atoms with Crippen LogP contribution in [0.4, 0.5) is 17.1 Å². The van der Waals surface area contributed by atoms with Gasteiger partial charge in [-0.1, -0.05) is 117 Å². The summed E-state index contributed by atoms with van der Waals surface area (Å²) < 4.78 is 6.21. The average Bonchev–Trinajstić information content (AvgIpc) is 3.66. The van der Waals surface area contributed by atoms with E-state index in [2.05, 4.69) is 140 Å². The summed E-state index contributed by atoms with van der Waals surface area (Å²) in [6.45, 7) is 4.66. The van der Waals surface area contributed by atoms with Gasteiger partial charge in [0, 0.05) is 33.3 Å². The number of hydrogen-bond donors (Lipinski definition) is 0. The van der Waals surface area contributed by atoms with Crippen LogP contribution in [0.1, 0.15) is 25.0 Å². The largest absolute Gasteiger partial charge is 0.436 e. The number of oxazole rings is 1. The molecule has 1 aliphatic carbocycles. The zero-order valence-electron chi connectivity index (χ0n) is 26.3. The molecule has 0 saturated heterocycles. The predicted octanol–water partition coefficient (Wildman–Crippen LogP) is 12.1. The fourth-order valence-corrected chi connectivity index (χ4v) is 7.36. The van der Waals surface area contributed by atoms with E-state index in [1.807, 2.05) is 36.4 Å². The molecule has 0 N–H and O–H groups in total. The molecule has 0 radical (unpaired) electrons. The van der Waals surface area contributed by atoms with Crippen molar-refractivity contribution in [1.82, 2.24) is 4.98 Å². The molecule has 0 spiro atoms. The van der Waals surface area contributed by atoms with Crippen molar-refractivity contribution >= 4 is 38.9 Å². The Morgan fingerprint density at radius 1 is 0.532 bits per heavy atom. The van der Waals surface area contributed by atoms with Crippen molar-refractivity contribution in [3.05, 3.63) is 169 Å². The summed E-state index contributed by atoms with van der Waals surface area (Å²) in [5.74, 6) is 0.636. The first-order valence-electron chi connectivity index (χ1n) is 16.1. The molecule has 3 nitrogen and oxygen atoms in total. The smallest absolute Gasteiger partial charge is 0.227 e. The van der Waals surface area contributed by atoms with Gasteiger partial charge < -0.3 is 9.32 Å². The van der Waals surface area contributed by atoms with Crippen molar-refractivity contribution in [2.24, 2.45) is 0 Å². The second-order valence-electron chi connectivity index (χ2n) is 12.8. The lowest BCUT2D eigenvalue weighted by Gasteiger charge is -2.29. The van der Waals surface area contributed by atoms with E-state index in [1.165, 1.54) is 33.4 Å². The second kappa shape index (κ2) is 10.6. The molecule has 0 amide bonds. The lowest BCUT2D eigenvalue weighted by atomic mass is 9.82. The monoisotopic (exact) mass is 604 g/mol. The Labute approximate surface area is 274 Å². The molecule has 0 unspecified atom stereocenters. The van der Waals surface area contributed by atoms with Gasteiger partial charge in [-0.3, -0.25) is 0 Å². The molecule has 47 heavy (non-hydrogen) atoms. The molecule has 0 atom stereocenters. The van der Waals surface area contributed by atoms with E-state index in [9.17, 15) is 0 Å². The minimum absolute atomic E-state index is 0.0538. The third-order valence-electron chi connectivity index (χ3n) is 9.69. The number of nitrogens with zero attached hydrogens (tertiary/aromatic N) is 2. The summed E-state index contributed by atoms with van der Waals surface area (Å²) in [6.07, 6.45) is 0. The normalized spacial score (nSPS) is 13.1. The topological polar surface area (TPSA) is 29.3 Å². The van der Waals surface area contributed by atoms with Gasteiger partial charge in [0.15, 0.2) is 5.58 Å². The second-order valence-corrected chi connectivity index (χ2v) is 12.8. The summed E-state index contributed by atoms with van der Waals surface area (Å²) >= 11 is 0. The molecule has 7 aromatic carbocycles. The van der Waals surface area contributed by atoms with Crippen molar-refractivity contribution < 1.29 is 4.42 Å². The number of anilines is 3. The lowest BCUT2D eigenvalue weighted by molar-refractivity contribution is 0.620. The van der Waals surface area contributed by atoms with Crippen LogP contribution in [-0.2, 0) is 5.41 Å². The molecule has 0 aliphatic heterocycles. The maximum absolute atomic E-state index is 6.21. The predicted molar refractivity (Wildman–Crippen MR) is 195 cm³/mol. The molecule has 0 bridgehead atoms. The van der Waals surface area contributed by atoms with Crippen LogP contribution < -0.4 is 4.90 Å². The quantitative estimate of drug-likeness (QED) is 0.196. The van der Waals surface area contributed by atoms with Crippen molar-refractivity contribution in [1.29, 1.82) is 0 Å². The average molecular weight is 605 g/mol. The molecule has 1 heterocycles. The fourth-order valence-electron chi connectivity index (χ4n) is 7.36. The van der Waals surface area contributed by atoms with Crippen LogP contribution in [0, 0.1) is 0 Å². The van der Waals surface area contributed by atoms with Crippen LogP contribution in [0.3, 0.4) is 0 Å². The van der Waals surface area contributed by atoms with E-state index < -0.39 is 0 Å². The summed E-state index contributed by atoms with van der Waals surface area (Å²) in [7, 11) is 0. The number of benzene rings is 7. The molecule has 9 rings (SSSR count). The fraction of sp³-hybridized carbons (Fsp3) is 0.0682. The first-order chi connectivity index (χ1) is 23.1. The number of hydrogen-bond acceptors (Lipinski definition) is 3.